The largest absolute Gasteiger partial charge is 0.443 e. The molecule has 1 heterocycles. The normalized spacial score (nSPS) is 16.6. The molecule has 1 amide bonds. The van der Waals surface area contributed by atoms with Crippen LogP contribution in [0.3, 0.4) is 0 Å². The summed E-state index contributed by atoms with van der Waals surface area (Å²) >= 11 is 0. The van der Waals surface area contributed by atoms with Crippen molar-refractivity contribution in [3.05, 3.63) is 29.3 Å². The zero-order chi connectivity index (χ0) is 14.9. The molecule has 1 atom stereocenters. The first kappa shape index (κ1) is 14.9. The van der Waals surface area contributed by atoms with Crippen LogP contribution < -0.4 is 10.6 Å². The third-order valence-corrected chi connectivity index (χ3v) is 3.39. The molecule has 0 fully saturated rings. The van der Waals surface area contributed by atoms with Crippen LogP contribution in [0.5, 0.6) is 0 Å². The molecule has 0 aliphatic carbocycles. The van der Waals surface area contributed by atoms with Crippen LogP contribution >= 0.6 is 0 Å². The fourth-order valence-corrected chi connectivity index (χ4v) is 2.58. The number of fused-ring (bicyclic) bond motifs is 1. The fourth-order valence-electron chi connectivity index (χ4n) is 2.58. The summed E-state index contributed by atoms with van der Waals surface area (Å²) in [4.78, 5) is 14.1. The summed E-state index contributed by atoms with van der Waals surface area (Å²) in [6, 6.07) is 5.95. The molecule has 0 spiro atoms. The summed E-state index contributed by atoms with van der Waals surface area (Å²) in [5.74, 6) is 0. The van der Waals surface area contributed by atoms with Gasteiger partial charge in [-0.05, 0) is 57.7 Å². The Morgan fingerprint density at radius 3 is 2.70 bits per heavy atom. The molecule has 0 radical (unpaired) electrons. The zero-order valence-corrected chi connectivity index (χ0v) is 12.8. The maximum atomic E-state index is 12.3. The van der Waals surface area contributed by atoms with Crippen LogP contribution in [0.15, 0.2) is 18.2 Å². The van der Waals surface area contributed by atoms with Gasteiger partial charge in [-0.2, -0.15) is 0 Å². The van der Waals surface area contributed by atoms with Crippen molar-refractivity contribution in [1.29, 1.82) is 0 Å². The smallest absolute Gasteiger partial charge is 0.414 e. The zero-order valence-electron chi connectivity index (χ0n) is 12.8. The molecule has 1 aromatic rings. The Hall–Kier alpha value is -1.55. The third kappa shape index (κ3) is 3.12. The topological polar surface area (TPSA) is 55.6 Å². The van der Waals surface area contributed by atoms with Gasteiger partial charge in [-0.1, -0.05) is 12.1 Å². The van der Waals surface area contributed by atoms with Crippen molar-refractivity contribution in [3.8, 4) is 0 Å². The minimum Gasteiger partial charge on any atom is -0.443 e. The van der Waals surface area contributed by atoms with E-state index >= 15 is 0 Å². The highest BCUT2D eigenvalue weighted by molar-refractivity contribution is 5.89. The van der Waals surface area contributed by atoms with Gasteiger partial charge >= 0.3 is 6.09 Å². The van der Waals surface area contributed by atoms with Crippen molar-refractivity contribution in [2.45, 2.75) is 52.2 Å². The first-order valence-electron chi connectivity index (χ1n) is 7.17. The molecular weight excluding hydrogens is 252 g/mol. The van der Waals surface area contributed by atoms with Crippen LogP contribution in [-0.4, -0.2) is 18.2 Å². The summed E-state index contributed by atoms with van der Waals surface area (Å²) in [5, 5.41) is 0. The van der Waals surface area contributed by atoms with Gasteiger partial charge in [0.2, 0.25) is 0 Å². The Labute approximate surface area is 120 Å². The first-order valence-corrected chi connectivity index (χ1v) is 7.17. The Balaban J connectivity index is 2.34. The van der Waals surface area contributed by atoms with Gasteiger partial charge < -0.3 is 10.5 Å². The van der Waals surface area contributed by atoms with Crippen LogP contribution in [0.2, 0.25) is 0 Å². The van der Waals surface area contributed by atoms with Crippen molar-refractivity contribution in [3.63, 3.8) is 0 Å². The summed E-state index contributed by atoms with van der Waals surface area (Å²) in [6.07, 6.45) is 1.63. The van der Waals surface area contributed by atoms with Gasteiger partial charge in [-0.15, -0.1) is 0 Å². The van der Waals surface area contributed by atoms with E-state index in [0.29, 0.717) is 6.54 Å². The van der Waals surface area contributed by atoms with Gasteiger partial charge in [0, 0.05) is 12.6 Å². The SMILES string of the molecule is CC(N)c1cccc2c1CCCN2C(=O)OC(C)(C)C. The number of benzene rings is 1. The number of ether oxygens (including phenoxy) is 1. The van der Waals surface area contributed by atoms with E-state index in [2.05, 4.69) is 0 Å². The highest BCUT2D eigenvalue weighted by atomic mass is 16.6. The third-order valence-electron chi connectivity index (χ3n) is 3.39. The lowest BCUT2D eigenvalue weighted by Gasteiger charge is -2.33. The fraction of sp³-hybridized carbons (Fsp3) is 0.562. The second-order valence-electron chi connectivity index (χ2n) is 6.37. The van der Waals surface area contributed by atoms with Gasteiger partial charge in [0.05, 0.1) is 5.69 Å². The van der Waals surface area contributed by atoms with Crippen LogP contribution in [0.4, 0.5) is 10.5 Å². The minimum atomic E-state index is -0.479. The van der Waals surface area contributed by atoms with E-state index in [1.165, 1.54) is 5.56 Å². The second kappa shape index (κ2) is 5.44. The van der Waals surface area contributed by atoms with Gasteiger partial charge in [0.25, 0.3) is 0 Å². The number of carbonyl (C=O) groups is 1. The molecule has 0 bridgehead atoms. The summed E-state index contributed by atoms with van der Waals surface area (Å²) in [6.45, 7) is 8.32. The maximum absolute atomic E-state index is 12.3. The molecule has 0 saturated carbocycles. The minimum absolute atomic E-state index is 0.0245. The Kier molecular flexibility index (Phi) is 4.04. The van der Waals surface area contributed by atoms with Crippen molar-refractivity contribution in [2.75, 3.05) is 11.4 Å². The monoisotopic (exact) mass is 276 g/mol. The average molecular weight is 276 g/mol. The lowest BCUT2D eigenvalue weighted by molar-refractivity contribution is 0.0578. The molecule has 2 rings (SSSR count). The van der Waals surface area contributed by atoms with E-state index in [4.69, 9.17) is 10.5 Å². The molecule has 0 saturated heterocycles. The van der Waals surface area contributed by atoms with Gasteiger partial charge in [-0.25, -0.2) is 4.79 Å². The lowest BCUT2D eigenvalue weighted by atomic mass is 9.93. The van der Waals surface area contributed by atoms with E-state index in [1.807, 2.05) is 45.9 Å². The van der Waals surface area contributed by atoms with Gasteiger partial charge in [0.15, 0.2) is 0 Å². The number of rotatable bonds is 1. The van der Waals surface area contributed by atoms with Crippen molar-refractivity contribution < 1.29 is 9.53 Å². The Morgan fingerprint density at radius 1 is 1.40 bits per heavy atom. The Bertz CT molecular complexity index is 504. The number of nitrogens with zero attached hydrogens (tertiary/aromatic N) is 1. The van der Waals surface area contributed by atoms with Gasteiger partial charge in [0.1, 0.15) is 5.60 Å². The quantitative estimate of drug-likeness (QED) is 0.855. The maximum Gasteiger partial charge on any atom is 0.414 e. The number of carbonyl (C=O) groups excluding carboxylic acids is 1. The van der Waals surface area contributed by atoms with Gasteiger partial charge in [-0.3, -0.25) is 4.90 Å². The number of anilines is 1. The predicted molar refractivity (Wildman–Crippen MR) is 80.9 cm³/mol. The van der Waals surface area contributed by atoms with Crippen LogP contribution in [0, 0.1) is 0 Å². The predicted octanol–water partition coefficient (Wildman–Crippen LogP) is 3.39. The second-order valence-corrected chi connectivity index (χ2v) is 6.37. The average Bonchev–Trinajstić information content (AvgIpc) is 2.35. The molecule has 20 heavy (non-hydrogen) atoms. The van der Waals surface area contributed by atoms with Crippen molar-refractivity contribution in [1.82, 2.24) is 0 Å². The molecule has 1 aliphatic rings. The number of hydrogen-bond acceptors (Lipinski definition) is 3. The molecule has 1 aromatic carbocycles. The molecule has 0 aromatic heterocycles. The van der Waals surface area contributed by atoms with Crippen molar-refractivity contribution in [2.24, 2.45) is 5.73 Å². The van der Waals surface area contributed by atoms with E-state index in [9.17, 15) is 4.79 Å². The summed E-state index contributed by atoms with van der Waals surface area (Å²) < 4.78 is 5.49. The van der Waals surface area contributed by atoms with Crippen LogP contribution in [0.25, 0.3) is 0 Å². The molecule has 4 heteroatoms. The van der Waals surface area contributed by atoms with E-state index in [0.717, 1.165) is 24.1 Å². The van der Waals surface area contributed by atoms with Crippen LogP contribution in [0.1, 0.15) is 51.3 Å². The molecule has 4 nitrogen and oxygen atoms in total. The molecule has 110 valence electrons. The number of nitrogens with two attached hydrogens (primary N) is 1. The molecule has 1 aliphatic heterocycles. The molecule has 2 N–H and O–H groups in total. The molecular formula is C16H24N2O2. The van der Waals surface area contributed by atoms with E-state index in [1.54, 1.807) is 4.90 Å². The summed E-state index contributed by atoms with van der Waals surface area (Å²) in [5.41, 5.74) is 8.79. The van der Waals surface area contributed by atoms with Crippen LogP contribution in [-0.2, 0) is 11.2 Å². The van der Waals surface area contributed by atoms with E-state index in [-0.39, 0.29) is 12.1 Å². The standard InChI is InChI=1S/C16H24N2O2/c1-11(17)12-7-5-9-14-13(12)8-6-10-18(14)15(19)20-16(2,3)4/h5,7,9,11H,6,8,10,17H2,1-4H3. The highest BCUT2D eigenvalue weighted by Crippen LogP contribution is 2.33. The van der Waals surface area contributed by atoms with E-state index < -0.39 is 5.60 Å². The number of amides is 1. The van der Waals surface area contributed by atoms with Crippen molar-refractivity contribution >= 4 is 11.8 Å². The summed E-state index contributed by atoms with van der Waals surface area (Å²) in [7, 11) is 0. The highest BCUT2D eigenvalue weighted by Gasteiger charge is 2.28. The molecule has 1 unspecified atom stereocenters. The Morgan fingerprint density at radius 2 is 2.10 bits per heavy atom. The first-order chi connectivity index (χ1) is 9.29. The number of hydrogen-bond donors (Lipinski definition) is 1. The lowest BCUT2D eigenvalue weighted by Crippen LogP contribution is -2.40.